The summed E-state index contributed by atoms with van der Waals surface area (Å²) in [6, 6.07) is 8.92. The molecular weight excluding hydrogens is 400 g/mol. The highest BCUT2D eigenvalue weighted by Gasteiger charge is 2.42. The van der Waals surface area contributed by atoms with E-state index in [1.165, 1.54) is 6.33 Å². The fraction of sp³-hybridized carbons (Fsp3) is 0.353. The minimum Gasteiger partial charge on any atom is -0.390 e. The zero-order valence-electron chi connectivity index (χ0n) is 15.1. The van der Waals surface area contributed by atoms with Crippen LogP contribution in [-0.2, 0) is 14.5 Å². The molecule has 0 amide bonds. The molecule has 11 nitrogen and oxygen atoms in total. The maximum atomic E-state index is 11.0. The summed E-state index contributed by atoms with van der Waals surface area (Å²) in [5.41, 5.74) is 1.88. The number of nitrogens with two attached hydrogens (primary N) is 1. The molecule has 0 unspecified atom stereocenters. The molecule has 0 aliphatic heterocycles. The van der Waals surface area contributed by atoms with Gasteiger partial charge in [-0.15, -0.1) is 0 Å². The third-order valence-corrected chi connectivity index (χ3v) is 5.36. The minimum atomic E-state index is -4.13. The number of fused-ring (bicyclic) bond motifs is 1. The van der Waals surface area contributed by atoms with Crippen LogP contribution in [0.25, 0.3) is 22.6 Å². The number of aromatic nitrogens is 4. The molecule has 1 saturated carbocycles. The van der Waals surface area contributed by atoms with Gasteiger partial charge in [0.2, 0.25) is 0 Å². The van der Waals surface area contributed by atoms with E-state index in [-0.39, 0.29) is 13.0 Å². The number of aliphatic hydroxyl groups excluding tert-OH is 2. The Hall–Kier alpha value is -2.64. The fourth-order valence-corrected chi connectivity index (χ4v) is 3.82. The Labute approximate surface area is 166 Å². The lowest BCUT2D eigenvalue weighted by Crippen LogP contribution is -2.36. The number of hydrogen-bond donors (Lipinski definition) is 5. The molecule has 0 bridgehead atoms. The number of hydrogen-bond acceptors (Lipinski definition) is 9. The SMILES string of the molecule is NS(=O)(=O)OC[C@H]1C[C@@H](Nc2ncnc3[nH]c(-c4ccccc4)nc23)[C@H](O)[C@@H]1O. The summed E-state index contributed by atoms with van der Waals surface area (Å²) in [6.45, 7) is -0.324. The predicted molar refractivity (Wildman–Crippen MR) is 104 cm³/mol. The van der Waals surface area contributed by atoms with Gasteiger partial charge in [-0.1, -0.05) is 30.3 Å². The highest BCUT2D eigenvalue weighted by Crippen LogP contribution is 2.31. The van der Waals surface area contributed by atoms with Crippen molar-refractivity contribution in [3.05, 3.63) is 36.7 Å². The highest BCUT2D eigenvalue weighted by atomic mass is 32.2. The van der Waals surface area contributed by atoms with Crippen molar-refractivity contribution in [2.24, 2.45) is 11.1 Å². The van der Waals surface area contributed by atoms with Gasteiger partial charge < -0.3 is 20.5 Å². The number of aliphatic hydroxyl groups is 2. The summed E-state index contributed by atoms with van der Waals surface area (Å²) in [4.78, 5) is 16.1. The molecular formula is C17H20N6O5S. The van der Waals surface area contributed by atoms with Crippen LogP contribution >= 0.6 is 0 Å². The van der Waals surface area contributed by atoms with Gasteiger partial charge in [0.1, 0.15) is 18.3 Å². The first-order valence-corrected chi connectivity index (χ1v) is 10.3. The zero-order chi connectivity index (χ0) is 20.6. The highest BCUT2D eigenvalue weighted by molar-refractivity contribution is 7.84. The second-order valence-corrected chi connectivity index (χ2v) is 8.10. The fourth-order valence-electron chi connectivity index (χ4n) is 3.46. The van der Waals surface area contributed by atoms with Crippen molar-refractivity contribution in [3.63, 3.8) is 0 Å². The van der Waals surface area contributed by atoms with Crippen LogP contribution in [0.1, 0.15) is 6.42 Å². The van der Waals surface area contributed by atoms with Crippen LogP contribution < -0.4 is 10.5 Å². The number of nitrogens with one attached hydrogen (secondary N) is 2. The van der Waals surface area contributed by atoms with Crippen LogP contribution in [0.4, 0.5) is 5.82 Å². The van der Waals surface area contributed by atoms with E-state index in [1.807, 2.05) is 30.3 Å². The van der Waals surface area contributed by atoms with Crippen molar-refractivity contribution < 1.29 is 22.8 Å². The van der Waals surface area contributed by atoms with Crippen molar-refractivity contribution in [3.8, 4) is 11.4 Å². The van der Waals surface area contributed by atoms with Crippen LogP contribution in [0.3, 0.4) is 0 Å². The standard InChI is InChI=1S/C17H20N6O5S/c18-29(26,27)28-7-10-6-11(14(25)13(10)24)21-16-12-17(20-8-19-16)23-15(22-12)9-4-2-1-3-5-9/h1-5,8,10-11,13-14,24-25H,6-7H2,(H2,18,26,27)(H2,19,20,21,22,23)/t10-,11-,13-,14+/m1/s1. The molecule has 2 aromatic heterocycles. The lowest BCUT2D eigenvalue weighted by Gasteiger charge is -2.18. The van der Waals surface area contributed by atoms with Crippen molar-refractivity contribution in [2.75, 3.05) is 11.9 Å². The molecule has 154 valence electrons. The summed E-state index contributed by atoms with van der Waals surface area (Å²) in [5.74, 6) is 0.394. The van der Waals surface area contributed by atoms with E-state index in [1.54, 1.807) is 0 Å². The lowest BCUT2D eigenvalue weighted by atomic mass is 10.1. The normalized spacial score (nSPS) is 24.8. The number of H-pyrrole nitrogens is 1. The Morgan fingerprint density at radius 2 is 1.97 bits per heavy atom. The number of benzene rings is 1. The Balaban J connectivity index is 1.55. The van der Waals surface area contributed by atoms with Crippen molar-refractivity contribution in [2.45, 2.75) is 24.7 Å². The smallest absolute Gasteiger partial charge is 0.333 e. The summed E-state index contributed by atoms with van der Waals surface area (Å²) < 4.78 is 26.5. The average Bonchev–Trinajstić information content (AvgIpc) is 3.24. The van der Waals surface area contributed by atoms with E-state index >= 15 is 0 Å². The molecule has 1 aliphatic rings. The van der Waals surface area contributed by atoms with E-state index in [9.17, 15) is 18.6 Å². The first-order chi connectivity index (χ1) is 13.8. The first-order valence-electron chi connectivity index (χ1n) is 8.88. The Bertz CT molecular complexity index is 1110. The summed E-state index contributed by atoms with van der Waals surface area (Å²) >= 11 is 0. The Morgan fingerprint density at radius 1 is 1.21 bits per heavy atom. The van der Waals surface area contributed by atoms with Gasteiger partial charge in [-0.2, -0.15) is 8.42 Å². The van der Waals surface area contributed by atoms with Gasteiger partial charge >= 0.3 is 10.3 Å². The average molecular weight is 420 g/mol. The molecule has 0 spiro atoms. The number of anilines is 1. The topological polar surface area (TPSA) is 176 Å². The van der Waals surface area contributed by atoms with E-state index in [2.05, 4.69) is 29.4 Å². The molecule has 1 aromatic carbocycles. The maximum absolute atomic E-state index is 11.0. The third kappa shape index (κ3) is 4.21. The quantitative estimate of drug-likeness (QED) is 0.360. The minimum absolute atomic E-state index is 0.249. The maximum Gasteiger partial charge on any atom is 0.333 e. The van der Waals surface area contributed by atoms with Gasteiger partial charge in [0.25, 0.3) is 0 Å². The first kappa shape index (κ1) is 19.7. The van der Waals surface area contributed by atoms with Crippen LogP contribution in [0.15, 0.2) is 36.7 Å². The molecule has 29 heavy (non-hydrogen) atoms. The van der Waals surface area contributed by atoms with Crippen molar-refractivity contribution >= 4 is 27.3 Å². The summed E-state index contributed by atoms with van der Waals surface area (Å²) in [5, 5.41) is 28.5. The van der Waals surface area contributed by atoms with E-state index in [0.717, 1.165) is 5.56 Å². The second kappa shape index (κ2) is 7.65. The van der Waals surface area contributed by atoms with E-state index < -0.39 is 34.5 Å². The molecule has 6 N–H and O–H groups in total. The Kier molecular flexibility index (Phi) is 5.19. The van der Waals surface area contributed by atoms with Crippen LogP contribution in [0.5, 0.6) is 0 Å². The molecule has 1 fully saturated rings. The van der Waals surface area contributed by atoms with Crippen LogP contribution in [0.2, 0.25) is 0 Å². The lowest BCUT2D eigenvalue weighted by molar-refractivity contribution is 0.00779. The third-order valence-electron chi connectivity index (χ3n) is 4.90. The van der Waals surface area contributed by atoms with Crippen LogP contribution in [0, 0.1) is 5.92 Å². The van der Waals surface area contributed by atoms with Crippen molar-refractivity contribution in [1.29, 1.82) is 0 Å². The predicted octanol–water partition coefficient (Wildman–Crippen LogP) is -0.238. The van der Waals surface area contributed by atoms with Gasteiger partial charge in [0.05, 0.1) is 18.8 Å². The molecule has 4 atom stereocenters. The number of rotatable bonds is 6. The van der Waals surface area contributed by atoms with Gasteiger partial charge in [-0.3, -0.25) is 4.18 Å². The van der Waals surface area contributed by atoms with E-state index in [0.29, 0.717) is 22.8 Å². The zero-order valence-corrected chi connectivity index (χ0v) is 16.0. The van der Waals surface area contributed by atoms with Gasteiger partial charge in [0, 0.05) is 11.5 Å². The molecule has 0 radical (unpaired) electrons. The largest absolute Gasteiger partial charge is 0.390 e. The molecule has 2 heterocycles. The van der Waals surface area contributed by atoms with Gasteiger partial charge in [-0.05, 0) is 6.42 Å². The second-order valence-electron chi connectivity index (χ2n) is 6.88. The van der Waals surface area contributed by atoms with E-state index in [4.69, 9.17) is 5.14 Å². The van der Waals surface area contributed by atoms with Crippen LogP contribution in [-0.4, -0.2) is 63.4 Å². The number of aromatic amines is 1. The monoisotopic (exact) mass is 420 g/mol. The molecule has 3 aromatic rings. The number of imidazole rings is 1. The summed E-state index contributed by atoms with van der Waals surface area (Å²) in [7, 11) is -4.13. The molecule has 4 rings (SSSR count). The molecule has 12 heteroatoms. The molecule has 0 saturated heterocycles. The van der Waals surface area contributed by atoms with Gasteiger partial charge in [0.15, 0.2) is 17.0 Å². The van der Waals surface area contributed by atoms with Crippen molar-refractivity contribution in [1.82, 2.24) is 19.9 Å². The molecule has 1 aliphatic carbocycles. The Morgan fingerprint density at radius 3 is 2.69 bits per heavy atom. The summed E-state index contributed by atoms with van der Waals surface area (Å²) in [6.07, 6.45) is -0.719. The number of nitrogens with zero attached hydrogens (tertiary/aromatic N) is 3. The van der Waals surface area contributed by atoms with Gasteiger partial charge in [-0.25, -0.2) is 20.1 Å².